The molecular formula is C20H19ClN2O3. The van der Waals surface area contributed by atoms with Gasteiger partial charge in [0.1, 0.15) is 11.3 Å². The van der Waals surface area contributed by atoms with E-state index in [1.54, 1.807) is 53.1 Å². The fraction of sp³-hybridized carbons (Fsp3) is 0.200. The van der Waals surface area contributed by atoms with Crippen LogP contribution in [-0.2, 0) is 6.54 Å². The van der Waals surface area contributed by atoms with Gasteiger partial charge in [0.2, 0.25) is 0 Å². The number of benzene rings is 2. The number of aromatic nitrogens is 1. The number of para-hydroxylation sites is 1. The molecule has 0 spiro atoms. The number of nitrogens with one attached hydrogen (secondary N) is 1. The summed E-state index contributed by atoms with van der Waals surface area (Å²) in [6.45, 7) is 2.51. The number of aromatic hydroxyl groups is 1. The Labute approximate surface area is 155 Å². The molecule has 3 aromatic rings. The van der Waals surface area contributed by atoms with Crippen molar-refractivity contribution in [1.29, 1.82) is 0 Å². The van der Waals surface area contributed by atoms with Gasteiger partial charge in [-0.05, 0) is 42.8 Å². The second kappa shape index (κ2) is 7.62. The first-order valence-corrected chi connectivity index (χ1v) is 8.82. The second-order valence-electron chi connectivity index (χ2n) is 6.01. The smallest absolute Gasteiger partial charge is 0.267 e. The highest BCUT2D eigenvalue weighted by atomic mass is 35.5. The van der Waals surface area contributed by atoms with Gasteiger partial charge in [-0.25, -0.2) is 0 Å². The van der Waals surface area contributed by atoms with Crippen molar-refractivity contribution in [1.82, 2.24) is 4.57 Å². The first-order valence-electron chi connectivity index (χ1n) is 8.44. The van der Waals surface area contributed by atoms with E-state index >= 15 is 0 Å². The zero-order valence-electron chi connectivity index (χ0n) is 14.3. The van der Waals surface area contributed by atoms with Gasteiger partial charge in [0.25, 0.3) is 11.5 Å². The Balaban J connectivity index is 2.11. The van der Waals surface area contributed by atoms with Crippen LogP contribution in [0.1, 0.15) is 30.1 Å². The van der Waals surface area contributed by atoms with Crippen molar-refractivity contribution in [3.8, 4) is 5.75 Å². The second-order valence-corrected chi connectivity index (χ2v) is 6.45. The van der Waals surface area contributed by atoms with E-state index in [1.165, 1.54) is 0 Å². The molecule has 26 heavy (non-hydrogen) atoms. The highest BCUT2D eigenvalue weighted by Crippen LogP contribution is 2.27. The van der Waals surface area contributed by atoms with Crippen LogP contribution in [0.2, 0.25) is 5.02 Å². The summed E-state index contributed by atoms with van der Waals surface area (Å²) in [5.41, 5.74) is 0.355. The fourth-order valence-corrected chi connectivity index (χ4v) is 2.99. The SMILES string of the molecule is CCCCn1c(=O)c(C(=O)Nc2ccc(Cl)cc2)c(O)c2ccccc21. The van der Waals surface area contributed by atoms with Gasteiger partial charge in [0.15, 0.2) is 0 Å². The van der Waals surface area contributed by atoms with Crippen LogP contribution in [0.25, 0.3) is 10.9 Å². The molecule has 0 fully saturated rings. The van der Waals surface area contributed by atoms with Crippen molar-refractivity contribution in [2.45, 2.75) is 26.3 Å². The molecule has 0 atom stereocenters. The molecule has 134 valence electrons. The van der Waals surface area contributed by atoms with E-state index in [9.17, 15) is 14.7 Å². The van der Waals surface area contributed by atoms with Crippen molar-refractivity contribution in [2.75, 3.05) is 5.32 Å². The van der Waals surface area contributed by atoms with E-state index in [1.807, 2.05) is 6.92 Å². The van der Waals surface area contributed by atoms with Crippen molar-refractivity contribution >= 4 is 34.1 Å². The molecule has 6 heteroatoms. The number of pyridine rings is 1. The average Bonchev–Trinajstić information content (AvgIpc) is 2.64. The van der Waals surface area contributed by atoms with Crippen LogP contribution in [0, 0.1) is 0 Å². The number of aryl methyl sites for hydroxylation is 1. The summed E-state index contributed by atoms with van der Waals surface area (Å²) >= 11 is 5.84. The maximum atomic E-state index is 12.9. The molecule has 0 saturated heterocycles. The monoisotopic (exact) mass is 370 g/mol. The van der Waals surface area contributed by atoms with Crippen LogP contribution >= 0.6 is 11.6 Å². The Bertz CT molecular complexity index is 1010. The Hall–Kier alpha value is -2.79. The van der Waals surface area contributed by atoms with Gasteiger partial charge < -0.3 is 15.0 Å². The molecule has 1 amide bonds. The molecule has 0 radical (unpaired) electrons. The van der Waals surface area contributed by atoms with Crippen molar-refractivity contribution in [3.63, 3.8) is 0 Å². The molecule has 3 rings (SSSR count). The molecule has 0 aliphatic carbocycles. The molecule has 0 aliphatic rings. The molecule has 0 bridgehead atoms. The minimum atomic E-state index is -0.647. The van der Waals surface area contributed by atoms with E-state index in [4.69, 9.17) is 11.6 Å². The molecule has 2 N–H and O–H groups in total. The number of halogens is 1. The van der Waals surface area contributed by atoms with Gasteiger partial charge in [-0.3, -0.25) is 9.59 Å². The Morgan fingerprint density at radius 1 is 1.15 bits per heavy atom. The molecule has 2 aromatic carbocycles. The lowest BCUT2D eigenvalue weighted by atomic mass is 10.1. The van der Waals surface area contributed by atoms with E-state index < -0.39 is 11.5 Å². The van der Waals surface area contributed by atoms with Crippen molar-refractivity contribution in [2.24, 2.45) is 0 Å². The number of nitrogens with zero attached hydrogens (tertiary/aromatic N) is 1. The third-order valence-electron chi connectivity index (χ3n) is 4.21. The van der Waals surface area contributed by atoms with E-state index in [0.717, 1.165) is 12.8 Å². The number of fused-ring (bicyclic) bond motifs is 1. The van der Waals surface area contributed by atoms with Crippen LogP contribution in [0.15, 0.2) is 53.3 Å². The zero-order chi connectivity index (χ0) is 18.7. The van der Waals surface area contributed by atoms with Crippen molar-refractivity contribution < 1.29 is 9.90 Å². The highest BCUT2D eigenvalue weighted by Gasteiger charge is 2.22. The quantitative estimate of drug-likeness (QED) is 0.698. The maximum Gasteiger partial charge on any atom is 0.267 e. The highest BCUT2D eigenvalue weighted by molar-refractivity contribution is 6.30. The van der Waals surface area contributed by atoms with Gasteiger partial charge in [-0.1, -0.05) is 37.1 Å². The van der Waals surface area contributed by atoms with Gasteiger partial charge in [0, 0.05) is 22.6 Å². The number of hydrogen-bond donors (Lipinski definition) is 2. The minimum absolute atomic E-state index is 0.255. The van der Waals surface area contributed by atoms with Gasteiger partial charge >= 0.3 is 0 Å². The summed E-state index contributed by atoms with van der Waals surface area (Å²) in [6.07, 6.45) is 1.71. The standard InChI is InChI=1S/C20H19ClN2O3/c1-2-3-12-23-16-7-5-4-6-15(16)18(24)17(20(23)26)19(25)22-14-10-8-13(21)9-11-14/h4-11,24H,2-3,12H2,1H3,(H,22,25). The molecule has 5 nitrogen and oxygen atoms in total. The summed E-state index contributed by atoms with van der Waals surface area (Å²) in [4.78, 5) is 25.6. The largest absolute Gasteiger partial charge is 0.506 e. The zero-order valence-corrected chi connectivity index (χ0v) is 15.1. The molecule has 0 saturated carbocycles. The lowest BCUT2D eigenvalue weighted by Gasteiger charge is -2.14. The van der Waals surface area contributed by atoms with Gasteiger partial charge in [0.05, 0.1) is 5.52 Å². The summed E-state index contributed by atoms with van der Waals surface area (Å²) < 4.78 is 1.55. The number of anilines is 1. The topological polar surface area (TPSA) is 71.3 Å². The molecule has 1 heterocycles. The number of hydrogen-bond acceptors (Lipinski definition) is 3. The first kappa shape index (κ1) is 18.0. The number of amides is 1. The summed E-state index contributed by atoms with van der Waals surface area (Å²) in [6, 6.07) is 13.6. The Kier molecular flexibility index (Phi) is 5.28. The molecular weight excluding hydrogens is 352 g/mol. The summed E-state index contributed by atoms with van der Waals surface area (Å²) in [7, 11) is 0. The predicted octanol–water partition coefficient (Wildman–Crippen LogP) is 4.41. The van der Waals surface area contributed by atoms with Gasteiger partial charge in [-0.15, -0.1) is 0 Å². The lowest BCUT2D eigenvalue weighted by molar-refractivity contribution is 0.102. The predicted molar refractivity (Wildman–Crippen MR) is 104 cm³/mol. The number of rotatable bonds is 5. The van der Waals surface area contributed by atoms with Crippen LogP contribution in [0.3, 0.4) is 0 Å². The summed E-state index contributed by atoms with van der Waals surface area (Å²) in [5, 5.41) is 14.2. The van der Waals surface area contributed by atoms with Crippen LogP contribution < -0.4 is 10.9 Å². The van der Waals surface area contributed by atoms with E-state index in [-0.39, 0.29) is 11.3 Å². The van der Waals surface area contributed by atoms with Crippen LogP contribution in [0.5, 0.6) is 5.75 Å². The molecule has 0 aliphatic heterocycles. The third-order valence-corrected chi connectivity index (χ3v) is 4.46. The fourth-order valence-electron chi connectivity index (χ4n) is 2.86. The molecule has 1 aromatic heterocycles. The number of unbranched alkanes of at least 4 members (excludes halogenated alkanes) is 1. The summed E-state index contributed by atoms with van der Waals surface area (Å²) in [5.74, 6) is -0.948. The van der Waals surface area contributed by atoms with Crippen LogP contribution in [-0.4, -0.2) is 15.6 Å². The van der Waals surface area contributed by atoms with Crippen molar-refractivity contribution in [3.05, 3.63) is 69.5 Å². The van der Waals surface area contributed by atoms with Gasteiger partial charge in [-0.2, -0.15) is 0 Å². The first-order chi connectivity index (χ1) is 12.5. The lowest BCUT2D eigenvalue weighted by Crippen LogP contribution is -2.30. The Morgan fingerprint density at radius 2 is 1.85 bits per heavy atom. The molecule has 0 unspecified atom stereocenters. The minimum Gasteiger partial charge on any atom is -0.506 e. The Morgan fingerprint density at radius 3 is 2.54 bits per heavy atom. The average molecular weight is 371 g/mol. The van der Waals surface area contributed by atoms with E-state index in [2.05, 4.69) is 5.32 Å². The van der Waals surface area contributed by atoms with Crippen LogP contribution in [0.4, 0.5) is 5.69 Å². The number of carbonyl (C=O) groups excluding carboxylic acids is 1. The maximum absolute atomic E-state index is 12.9. The normalized spacial score (nSPS) is 10.8. The third kappa shape index (κ3) is 3.44. The van der Waals surface area contributed by atoms with E-state index in [0.29, 0.717) is 28.2 Å². The number of carbonyl (C=O) groups is 1.